The minimum Gasteiger partial charge on any atom is -0.353 e. The summed E-state index contributed by atoms with van der Waals surface area (Å²) in [6, 6.07) is 3.38. The largest absolute Gasteiger partial charge is 0.401 e. The first-order chi connectivity index (χ1) is 11.8. The average molecular weight is 374 g/mol. The number of nitrogens with zero attached hydrogens (tertiary/aromatic N) is 4. The Kier molecular flexibility index (Phi) is 4.96. The van der Waals surface area contributed by atoms with Crippen LogP contribution in [0, 0.1) is 0 Å². The molecule has 1 fully saturated rings. The van der Waals surface area contributed by atoms with Gasteiger partial charge >= 0.3 is 6.18 Å². The number of hydrogen-bond acceptors (Lipinski definition) is 5. The molecule has 0 spiro atoms. The van der Waals surface area contributed by atoms with Crippen molar-refractivity contribution in [1.82, 2.24) is 19.9 Å². The lowest BCUT2D eigenvalue weighted by Gasteiger charge is -2.35. The molecule has 0 aliphatic carbocycles. The molecule has 25 heavy (non-hydrogen) atoms. The molecule has 6 nitrogen and oxygen atoms in total. The number of alkyl halides is 3. The molecule has 1 saturated heterocycles. The number of aromatic amines is 1. The SMILES string of the molecule is O=c1[nH]c(-c2ccncc2)nc(N2CCN(CC(F)(F)F)CC2)c1Cl. The topological polar surface area (TPSA) is 65.1 Å². The molecule has 1 N–H and O–H groups in total. The van der Waals surface area contributed by atoms with Crippen molar-refractivity contribution in [1.29, 1.82) is 0 Å². The molecule has 1 aliphatic heterocycles. The molecule has 1 aliphatic rings. The summed E-state index contributed by atoms with van der Waals surface area (Å²) in [5.41, 5.74) is 0.178. The van der Waals surface area contributed by atoms with Gasteiger partial charge in [-0.25, -0.2) is 4.98 Å². The van der Waals surface area contributed by atoms with E-state index in [-0.39, 0.29) is 23.9 Å². The predicted molar refractivity (Wildman–Crippen MR) is 87.8 cm³/mol. The summed E-state index contributed by atoms with van der Waals surface area (Å²) < 4.78 is 37.4. The van der Waals surface area contributed by atoms with E-state index in [4.69, 9.17) is 11.6 Å². The molecular formula is C15H15ClF3N5O. The molecule has 0 atom stereocenters. The Morgan fingerprint density at radius 1 is 1.16 bits per heavy atom. The number of halogens is 4. The van der Waals surface area contributed by atoms with Crippen molar-refractivity contribution in [3.63, 3.8) is 0 Å². The molecule has 0 bridgehead atoms. The quantitative estimate of drug-likeness (QED) is 0.893. The van der Waals surface area contributed by atoms with Gasteiger partial charge in [-0.15, -0.1) is 0 Å². The van der Waals surface area contributed by atoms with Gasteiger partial charge < -0.3 is 9.88 Å². The standard InChI is InChI=1S/C15H15ClF3N5O/c16-11-13(24-7-5-23(6-8-24)9-15(17,18)19)21-12(22-14(11)25)10-1-3-20-4-2-10/h1-4H,5-9H2,(H,21,22,25). The van der Waals surface area contributed by atoms with Gasteiger partial charge in [0.25, 0.3) is 5.56 Å². The molecular weight excluding hydrogens is 359 g/mol. The molecule has 134 valence electrons. The van der Waals surface area contributed by atoms with Crippen molar-refractivity contribution in [2.75, 3.05) is 37.6 Å². The van der Waals surface area contributed by atoms with Gasteiger partial charge in [0.1, 0.15) is 10.8 Å². The van der Waals surface area contributed by atoms with Crippen LogP contribution < -0.4 is 10.5 Å². The van der Waals surface area contributed by atoms with E-state index in [1.54, 1.807) is 29.4 Å². The van der Waals surface area contributed by atoms with Crippen molar-refractivity contribution in [3.05, 3.63) is 39.9 Å². The molecule has 3 rings (SSSR count). The van der Waals surface area contributed by atoms with E-state index >= 15 is 0 Å². The Morgan fingerprint density at radius 3 is 2.40 bits per heavy atom. The average Bonchev–Trinajstić information content (AvgIpc) is 2.57. The highest BCUT2D eigenvalue weighted by Crippen LogP contribution is 2.25. The van der Waals surface area contributed by atoms with Crippen molar-refractivity contribution in [3.8, 4) is 11.4 Å². The zero-order valence-corrected chi connectivity index (χ0v) is 13.8. The van der Waals surface area contributed by atoms with Crippen LogP contribution in [0.15, 0.2) is 29.3 Å². The van der Waals surface area contributed by atoms with E-state index < -0.39 is 18.3 Å². The van der Waals surface area contributed by atoms with Crippen molar-refractivity contribution >= 4 is 17.4 Å². The van der Waals surface area contributed by atoms with E-state index in [2.05, 4.69) is 15.0 Å². The lowest BCUT2D eigenvalue weighted by Crippen LogP contribution is -2.49. The van der Waals surface area contributed by atoms with E-state index in [1.807, 2.05) is 0 Å². The summed E-state index contributed by atoms with van der Waals surface area (Å²) in [4.78, 5) is 26.1. The molecule has 0 radical (unpaired) electrons. The number of piperazine rings is 1. The summed E-state index contributed by atoms with van der Waals surface area (Å²) >= 11 is 6.07. The fourth-order valence-electron chi connectivity index (χ4n) is 2.67. The lowest BCUT2D eigenvalue weighted by atomic mass is 10.2. The summed E-state index contributed by atoms with van der Waals surface area (Å²) in [7, 11) is 0. The summed E-state index contributed by atoms with van der Waals surface area (Å²) in [5, 5.41) is -0.0675. The van der Waals surface area contributed by atoms with Crippen molar-refractivity contribution in [2.45, 2.75) is 6.18 Å². The van der Waals surface area contributed by atoms with Crippen LogP contribution >= 0.6 is 11.6 Å². The highest BCUT2D eigenvalue weighted by molar-refractivity contribution is 6.32. The van der Waals surface area contributed by atoms with Gasteiger partial charge in [-0.2, -0.15) is 13.2 Å². The number of H-pyrrole nitrogens is 1. The third kappa shape index (κ3) is 4.29. The summed E-state index contributed by atoms with van der Waals surface area (Å²) in [5.74, 6) is 0.619. The van der Waals surface area contributed by atoms with Crippen molar-refractivity contribution < 1.29 is 13.2 Å². The third-order valence-corrected chi connectivity index (χ3v) is 4.21. The van der Waals surface area contributed by atoms with Gasteiger partial charge in [-0.3, -0.25) is 14.7 Å². The second kappa shape index (κ2) is 7.01. The Hall–Kier alpha value is -2.13. The molecule has 0 amide bonds. The second-order valence-electron chi connectivity index (χ2n) is 5.67. The molecule has 2 aromatic rings. The minimum absolute atomic E-state index is 0.0675. The van der Waals surface area contributed by atoms with Crippen molar-refractivity contribution in [2.24, 2.45) is 0 Å². The van der Waals surface area contributed by atoms with Crippen LogP contribution in [0.25, 0.3) is 11.4 Å². The number of hydrogen-bond donors (Lipinski definition) is 1. The van der Waals surface area contributed by atoms with Crippen LogP contribution in [-0.4, -0.2) is 58.8 Å². The lowest BCUT2D eigenvalue weighted by molar-refractivity contribution is -0.146. The van der Waals surface area contributed by atoms with Gasteiger partial charge in [-0.1, -0.05) is 11.6 Å². The van der Waals surface area contributed by atoms with E-state index in [0.717, 1.165) is 0 Å². The Labute approximate surface area is 146 Å². The molecule has 0 saturated carbocycles. The smallest absolute Gasteiger partial charge is 0.353 e. The summed E-state index contributed by atoms with van der Waals surface area (Å²) in [6.07, 6.45) is -1.09. The molecule has 0 aromatic carbocycles. The van der Waals surface area contributed by atoms with E-state index in [0.29, 0.717) is 24.5 Å². The van der Waals surface area contributed by atoms with Gasteiger partial charge in [0, 0.05) is 44.1 Å². The van der Waals surface area contributed by atoms with E-state index in [9.17, 15) is 18.0 Å². The molecule has 10 heteroatoms. The van der Waals surface area contributed by atoms with Crippen LogP contribution in [0.5, 0.6) is 0 Å². The Morgan fingerprint density at radius 2 is 1.80 bits per heavy atom. The van der Waals surface area contributed by atoms with Crippen LogP contribution in [-0.2, 0) is 0 Å². The Bertz CT molecular complexity index is 788. The van der Waals surface area contributed by atoms with Crippen LogP contribution in [0.4, 0.5) is 19.0 Å². The third-order valence-electron chi connectivity index (χ3n) is 3.87. The monoisotopic (exact) mass is 373 g/mol. The zero-order valence-electron chi connectivity index (χ0n) is 13.1. The van der Waals surface area contributed by atoms with Crippen LogP contribution in [0.1, 0.15) is 0 Å². The second-order valence-corrected chi connectivity index (χ2v) is 6.04. The molecule has 3 heterocycles. The van der Waals surface area contributed by atoms with Crippen LogP contribution in [0.2, 0.25) is 5.02 Å². The van der Waals surface area contributed by atoms with Gasteiger partial charge in [0.2, 0.25) is 0 Å². The fourth-order valence-corrected chi connectivity index (χ4v) is 2.88. The predicted octanol–water partition coefficient (Wildman–Crippen LogP) is 2.17. The minimum atomic E-state index is -4.23. The summed E-state index contributed by atoms with van der Waals surface area (Å²) in [6.45, 7) is 0.105. The number of nitrogens with one attached hydrogen (secondary N) is 1. The maximum atomic E-state index is 12.5. The molecule has 2 aromatic heterocycles. The number of pyridine rings is 1. The van der Waals surface area contributed by atoms with Gasteiger partial charge in [0.15, 0.2) is 5.82 Å². The molecule has 0 unspecified atom stereocenters. The zero-order chi connectivity index (χ0) is 18.0. The fraction of sp³-hybridized carbons (Fsp3) is 0.400. The maximum Gasteiger partial charge on any atom is 0.401 e. The van der Waals surface area contributed by atoms with Gasteiger partial charge in [-0.05, 0) is 12.1 Å². The first kappa shape index (κ1) is 17.7. The number of aromatic nitrogens is 3. The highest BCUT2D eigenvalue weighted by Gasteiger charge is 2.32. The van der Waals surface area contributed by atoms with Gasteiger partial charge in [0.05, 0.1) is 6.54 Å². The number of rotatable bonds is 3. The first-order valence-electron chi connectivity index (χ1n) is 7.58. The first-order valence-corrected chi connectivity index (χ1v) is 7.95. The number of anilines is 1. The van der Waals surface area contributed by atoms with E-state index in [1.165, 1.54) is 4.90 Å². The van der Waals surface area contributed by atoms with Crippen LogP contribution in [0.3, 0.4) is 0 Å². The normalized spacial score (nSPS) is 16.2. The maximum absolute atomic E-state index is 12.5. The highest BCUT2D eigenvalue weighted by atomic mass is 35.5. The Balaban J connectivity index is 1.81.